The Morgan fingerprint density at radius 1 is 1.31 bits per heavy atom. The summed E-state index contributed by atoms with van der Waals surface area (Å²) in [4.78, 5) is 8.33. The van der Waals surface area contributed by atoms with E-state index in [1.807, 2.05) is 18.2 Å². The number of pyridine rings is 2. The van der Waals surface area contributed by atoms with Gasteiger partial charge in [0.25, 0.3) is 0 Å². The molecular weight excluding hydrogens is 426 g/mol. The third kappa shape index (κ3) is 3.57. The molecule has 2 aromatic heterocycles. The Hall–Kier alpha value is -2.05. The smallest absolute Gasteiger partial charge is 0.307 e. The Kier molecular flexibility index (Phi) is 5.25. The van der Waals surface area contributed by atoms with E-state index in [1.165, 1.54) is 19.4 Å². The number of hydrogen-bond donors (Lipinski definition) is 0. The number of nitrogens with zero attached hydrogens (tertiary/aromatic N) is 2. The number of ether oxygens (including phenoxy) is 1. The normalized spacial score (nSPS) is 11.6. The fourth-order valence-corrected chi connectivity index (χ4v) is 3.23. The van der Waals surface area contributed by atoms with E-state index < -0.39 is 5.92 Å². The number of fused-ring (bicyclic) bond motifs is 1. The molecule has 0 spiro atoms. The standard InChI is InChI=1S/C19H14BrClF2N2O/c1-3-19(22,23)16-7-4-11(10-24-16)8-14-17(21)13-9-12(20)5-6-15(13)25-18(14)26-2/h3-7,9-10H,1,8H2,2H3. The zero-order valence-corrected chi connectivity index (χ0v) is 16.1. The van der Waals surface area contributed by atoms with Crippen molar-refractivity contribution in [2.24, 2.45) is 0 Å². The number of allylic oxidation sites excluding steroid dienone is 1. The number of hydrogen-bond acceptors (Lipinski definition) is 3. The van der Waals surface area contributed by atoms with E-state index in [1.54, 1.807) is 6.07 Å². The summed E-state index contributed by atoms with van der Waals surface area (Å²) < 4.78 is 33.5. The van der Waals surface area contributed by atoms with E-state index >= 15 is 0 Å². The second-order valence-electron chi connectivity index (χ2n) is 5.63. The maximum atomic E-state index is 13.6. The van der Waals surface area contributed by atoms with Crippen molar-refractivity contribution < 1.29 is 13.5 Å². The molecule has 0 unspecified atom stereocenters. The van der Waals surface area contributed by atoms with Gasteiger partial charge in [-0.15, -0.1) is 0 Å². The summed E-state index contributed by atoms with van der Waals surface area (Å²) in [5.41, 5.74) is 1.74. The fraction of sp³-hybridized carbons (Fsp3) is 0.158. The molecule has 3 nitrogen and oxygen atoms in total. The molecule has 3 rings (SSSR count). The summed E-state index contributed by atoms with van der Waals surface area (Å²) in [6.45, 7) is 3.13. The van der Waals surface area contributed by atoms with Gasteiger partial charge in [-0.05, 0) is 35.9 Å². The number of alkyl halides is 2. The lowest BCUT2D eigenvalue weighted by Crippen LogP contribution is -2.11. The molecule has 26 heavy (non-hydrogen) atoms. The molecule has 3 aromatic rings. The highest BCUT2D eigenvalue weighted by Gasteiger charge is 2.28. The van der Waals surface area contributed by atoms with Crippen LogP contribution < -0.4 is 4.74 Å². The molecule has 0 aliphatic carbocycles. The van der Waals surface area contributed by atoms with Crippen LogP contribution >= 0.6 is 27.5 Å². The summed E-state index contributed by atoms with van der Waals surface area (Å²) in [7, 11) is 1.51. The molecule has 7 heteroatoms. The van der Waals surface area contributed by atoms with Gasteiger partial charge in [0.2, 0.25) is 5.88 Å². The van der Waals surface area contributed by atoms with Gasteiger partial charge >= 0.3 is 5.92 Å². The zero-order valence-electron chi connectivity index (χ0n) is 13.8. The van der Waals surface area contributed by atoms with Gasteiger partial charge in [0.05, 0.1) is 17.6 Å². The minimum atomic E-state index is -3.16. The maximum Gasteiger partial charge on any atom is 0.307 e. The van der Waals surface area contributed by atoms with E-state index in [-0.39, 0.29) is 5.69 Å². The van der Waals surface area contributed by atoms with Gasteiger partial charge in [0, 0.05) is 28.0 Å². The van der Waals surface area contributed by atoms with Crippen molar-refractivity contribution in [1.82, 2.24) is 9.97 Å². The Morgan fingerprint density at radius 3 is 2.69 bits per heavy atom. The summed E-state index contributed by atoms with van der Waals surface area (Å²) in [6.07, 6.45) is 2.32. The lowest BCUT2D eigenvalue weighted by molar-refractivity contribution is 0.0476. The van der Waals surface area contributed by atoms with E-state index in [2.05, 4.69) is 32.5 Å². The minimum absolute atomic E-state index is 0.352. The molecule has 1 aromatic carbocycles. The second-order valence-corrected chi connectivity index (χ2v) is 6.92. The highest BCUT2D eigenvalue weighted by Crippen LogP contribution is 2.35. The zero-order chi connectivity index (χ0) is 18.9. The van der Waals surface area contributed by atoms with Crippen molar-refractivity contribution in [2.45, 2.75) is 12.3 Å². The summed E-state index contributed by atoms with van der Waals surface area (Å²) in [5.74, 6) is -2.77. The number of methoxy groups -OCH3 is 1. The fourth-order valence-electron chi connectivity index (χ4n) is 2.57. The van der Waals surface area contributed by atoms with Crippen LogP contribution in [0.15, 0.2) is 53.7 Å². The van der Waals surface area contributed by atoms with Crippen molar-refractivity contribution >= 4 is 38.4 Å². The van der Waals surface area contributed by atoms with Crippen molar-refractivity contribution in [3.8, 4) is 5.88 Å². The van der Waals surface area contributed by atoms with E-state index in [0.717, 1.165) is 9.86 Å². The lowest BCUT2D eigenvalue weighted by atomic mass is 10.0. The van der Waals surface area contributed by atoms with Gasteiger partial charge in [-0.3, -0.25) is 4.98 Å². The predicted molar refractivity (Wildman–Crippen MR) is 102 cm³/mol. The molecule has 0 fully saturated rings. The molecule has 0 amide bonds. The molecule has 0 saturated heterocycles. The number of benzene rings is 1. The lowest BCUT2D eigenvalue weighted by Gasteiger charge is -2.14. The first kappa shape index (κ1) is 18.7. The van der Waals surface area contributed by atoms with E-state index in [4.69, 9.17) is 16.3 Å². The first-order valence-corrected chi connectivity index (χ1v) is 8.81. The highest BCUT2D eigenvalue weighted by atomic mass is 79.9. The van der Waals surface area contributed by atoms with Crippen LogP contribution in [-0.2, 0) is 12.3 Å². The Morgan fingerprint density at radius 2 is 2.08 bits per heavy atom. The molecule has 0 saturated carbocycles. The van der Waals surface area contributed by atoms with Crippen LogP contribution in [0.4, 0.5) is 8.78 Å². The number of aromatic nitrogens is 2. The predicted octanol–water partition coefficient (Wildman–Crippen LogP) is 5.92. The van der Waals surface area contributed by atoms with Crippen molar-refractivity contribution in [2.75, 3.05) is 7.11 Å². The average molecular weight is 440 g/mol. The number of rotatable bonds is 5. The molecule has 2 heterocycles. The maximum absolute atomic E-state index is 13.6. The van der Waals surface area contributed by atoms with Crippen LogP contribution in [0.5, 0.6) is 5.88 Å². The van der Waals surface area contributed by atoms with Crippen LogP contribution in [0, 0.1) is 0 Å². The van der Waals surface area contributed by atoms with Crippen molar-refractivity contribution in [1.29, 1.82) is 0 Å². The van der Waals surface area contributed by atoms with Crippen LogP contribution in [0.2, 0.25) is 5.02 Å². The molecule has 0 aliphatic heterocycles. The van der Waals surface area contributed by atoms with Crippen molar-refractivity contribution in [3.63, 3.8) is 0 Å². The molecule has 134 valence electrons. The minimum Gasteiger partial charge on any atom is -0.481 e. The van der Waals surface area contributed by atoms with Gasteiger partial charge in [0.1, 0.15) is 5.69 Å². The van der Waals surface area contributed by atoms with Crippen molar-refractivity contribution in [3.05, 3.63) is 75.5 Å². The van der Waals surface area contributed by atoms with E-state index in [9.17, 15) is 8.78 Å². The van der Waals surface area contributed by atoms with Crippen LogP contribution in [-0.4, -0.2) is 17.1 Å². The first-order valence-electron chi connectivity index (χ1n) is 7.64. The molecular formula is C19H14BrClF2N2O. The SMILES string of the molecule is C=CC(F)(F)c1ccc(Cc2c(OC)nc3ccc(Br)cc3c2Cl)cn1. The molecule has 0 bridgehead atoms. The number of halogens is 4. The Bertz CT molecular complexity index is 977. The monoisotopic (exact) mass is 438 g/mol. The first-order chi connectivity index (χ1) is 12.4. The molecule has 0 N–H and O–H groups in total. The molecule has 0 radical (unpaired) electrons. The van der Waals surface area contributed by atoms with Gasteiger partial charge in [-0.25, -0.2) is 4.98 Å². The Labute approximate surface area is 162 Å². The summed E-state index contributed by atoms with van der Waals surface area (Å²) >= 11 is 10.00. The van der Waals surface area contributed by atoms with Crippen LogP contribution in [0.1, 0.15) is 16.8 Å². The summed E-state index contributed by atoms with van der Waals surface area (Å²) in [6, 6.07) is 8.45. The Balaban J connectivity index is 2.02. The van der Waals surface area contributed by atoms with Gasteiger partial charge in [0.15, 0.2) is 0 Å². The average Bonchev–Trinajstić information content (AvgIpc) is 2.64. The quantitative estimate of drug-likeness (QED) is 0.463. The molecule has 0 atom stereocenters. The van der Waals surface area contributed by atoms with Crippen LogP contribution in [0.3, 0.4) is 0 Å². The largest absolute Gasteiger partial charge is 0.481 e. The highest BCUT2D eigenvalue weighted by molar-refractivity contribution is 9.10. The summed E-state index contributed by atoms with van der Waals surface area (Å²) in [5, 5.41) is 1.29. The van der Waals surface area contributed by atoms with Crippen LogP contribution in [0.25, 0.3) is 10.9 Å². The van der Waals surface area contributed by atoms with Gasteiger partial charge in [-0.2, -0.15) is 8.78 Å². The third-order valence-corrected chi connectivity index (χ3v) is 4.86. The van der Waals surface area contributed by atoms with E-state index in [0.29, 0.717) is 40.0 Å². The topological polar surface area (TPSA) is 35.0 Å². The van der Waals surface area contributed by atoms with Gasteiger partial charge in [-0.1, -0.05) is 40.2 Å². The second kappa shape index (κ2) is 7.29. The molecule has 0 aliphatic rings. The third-order valence-electron chi connectivity index (χ3n) is 3.94. The van der Waals surface area contributed by atoms with Gasteiger partial charge < -0.3 is 4.74 Å².